The van der Waals surface area contributed by atoms with Gasteiger partial charge >= 0.3 is 0 Å². The summed E-state index contributed by atoms with van der Waals surface area (Å²) in [6.07, 6.45) is 3.25. The van der Waals surface area contributed by atoms with Crippen molar-refractivity contribution < 1.29 is 0 Å². The van der Waals surface area contributed by atoms with Crippen molar-refractivity contribution in [1.29, 1.82) is 0 Å². The Morgan fingerprint density at radius 2 is 2.36 bits per heavy atom. The minimum Gasteiger partial charge on any atom is -0.380 e. The summed E-state index contributed by atoms with van der Waals surface area (Å²) in [4.78, 5) is 5.46. The number of aromatic nitrogens is 4. The lowest BCUT2D eigenvalue weighted by atomic mass is 10.7. The summed E-state index contributed by atoms with van der Waals surface area (Å²) in [6, 6.07) is 0. The first-order valence-electron chi connectivity index (χ1n) is 3.17. The van der Waals surface area contributed by atoms with Gasteiger partial charge in [-0.1, -0.05) is 0 Å². The molecule has 0 aliphatic heterocycles. The van der Waals surface area contributed by atoms with Crippen molar-refractivity contribution in [2.45, 2.75) is 0 Å². The van der Waals surface area contributed by atoms with Crippen LogP contribution in [0.3, 0.4) is 0 Å². The fourth-order valence-corrected chi connectivity index (χ4v) is 0.997. The molecular weight excluding hydrogens is 144 g/mol. The average Bonchev–Trinajstić information content (AvgIpc) is 2.54. The number of anilines is 1. The van der Waals surface area contributed by atoms with Crippen molar-refractivity contribution in [2.24, 2.45) is 0 Å². The Morgan fingerprint density at radius 3 is 3.09 bits per heavy atom. The Bertz CT molecular complexity index is 371. The molecule has 0 atom stereocenters. The predicted molar refractivity (Wildman–Crippen MR) is 40.7 cm³/mol. The van der Waals surface area contributed by atoms with Crippen molar-refractivity contribution >= 4 is 11.5 Å². The Hall–Kier alpha value is -1.72. The number of fused-ring (bicyclic) bond motifs is 1. The number of nitrogen functional groups attached to an aromatic ring is 1. The van der Waals surface area contributed by atoms with Crippen molar-refractivity contribution in [3.8, 4) is 0 Å². The maximum atomic E-state index is 5.56. The lowest BCUT2D eigenvalue weighted by molar-refractivity contribution is 0.810. The van der Waals surface area contributed by atoms with E-state index in [4.69, 9.17) is 5.73 Å². The molecule has 2 rings (SSSR count). The number of hydrogen-bond donors (Lipinski definition) is 2. The normalized spacial score (nSPS) is 10.6. The molecule has 0 radical (unpaired) electrons. The number of nitrogens with two attached hydrogens (primary N) is 1. The van der Waals surface area contributed by atoms with Gasteiger partial charge < -0.3 is 11.2 Å². The first-order valence-corrected chi connectivity index (χ1v) is 3.17. The summed E-state index contributed by atoms with van der Waals surface area (Å²) in [6.45, 7) is 0. The SMILES string of the molecule is CNn1ncn2cnc(N)c12. The third-order valence-corrected chi connectivity index (χ3v) is 1.50. The Kier molecular flexibility index (Phi) is 1.03. The van der Waals surface area contributed by atoms with Gasteiger partial charge in [0.05, 0.1) is 0 Å². The molecule has 58 valence electrons. The van der Waals surface area contributed by atoms with E-state index in [1.807, 2.05) is 0 Å². The van der Waals surface area contributed by atoms with E-state index in [9.17, 15) is 0 Å². The van der Waals surface area contributed by atoms with Crippen LogP contribution < -0.4 is 11.2 Å². The molecule has 2 aromatic heterocycles. The summed E-state index contributed by atoms with van der Waals surface area (Å²) in [5, 5.41) is 3.98. The first-order chi connectivity index (χ1) is 5.33. The number of nitrogens with one attached hydrogen (secondary N) is 1. The Labute approximate surface area is 62.6 Å². The van der Waals surface area contributed by atoms with Gasteiger partial charge in [0, 0.05) is 7.05 Å². The summed E-state index contributed by atoms with van der Waals surface area (Å²) in [5.41, 5.74) is 9.16. The van der Waals surface area contributed by atoms with Crippen LogP contribution in [0.2, 0.25) is 0 Å². The maximum absolute atomic E-state index is 5.56. The molecule has 6 heteroatoms. The molecule has 0 bridgehead atoms. The van der Waals surface area contributed by atoms with Crippen LogP contribution in [-0.2, 0) is 0 Å². The molecule has 0 aromatic carbocycles. The second-order valence-corrected chi connectivity index (χ2v) is 2.13. The number of hydrogen-bond acceptors (Lipinski definition) is 4. The lowest BCUT2D eigenvalue weighted by Crippen LogP contribution is -2.10. The number of rotatable bonds is 1. The van der Waals surface area contributed by atoms with Crippen LogP contribution in [0.5, 0.6) is 0 Å². The number of imidazole rings is 1. The van der Waals surface area contributed by atoms with Crippen LogP contribution >= 0.6 is 0 Å². The van der Waals surface area contributed by atoms with Crippen molar-refractivity contribution in [3.05, 3.63) is 12.7 Å². The molecular formula is C5H8N6. The van der Waals surface area contributed by atoms with E-state index in [1.54, 1.807) is 28.9 Å². The van der Waals surface area contributed by atoms with Gasteiger partial charge in [0.25, 0.3) is 0 Å². The molecule has 11 heavy (non-hydrogen) atoms. The third kappa shape index (κ3) is 0.658. The highest BCUT2D eigenvalue weighted by molar-refractivity contribution is 5.60. The monoisotopic (exact) mass is 152 g/mol. The summed E-state index contributed by atoms with van der Waals surface area (Å²) in [5.74, 6) is 0.469. The van der Waals surface area contributed by atoms with E-state index in [0.29, 0.717) is 5.82 Å². The van der Waals surface area contributed by atoms with Crippen molar-refractivity contribution in [3.63, 3.8) is 0 Å². The van der Waals surface area contributed by atoms with E-state index >= 15 is 0 Å². The highest BCUT2D eigenvalue weighted by Crippen LogP contribution is 2.07. The van der Waals surface area contributed by atoms with Gasteiger partial charge in [0.15, 0.2) is 5.82 Å². The first kappa shape index (κ1) is 6.02. The van der Waals surface area contributed by atoms with Crippen LogP contribution in [-0.4, -0.2) is 26.3 Å². The number of nitrogens with zero attached hydrogens (tertiary/aromatic N) is 4. The molecule has 0 spiro atoms. The molecule has 2 heterocycles. The second-order valence-electron chi connectivity index (χ2n) is 2.13. The van der Waals surface area contributed by atoms with E-state index in [-0.39, 0.29) is 0 Å². The van der Waals surface area contributed by atoms with Gasteiger partial charge in [0.1, 0.15) is 12.7 Å². The highest BCUT2D eigenvalue weighted by atomic mass is 15.6. The van der Waals surface area contributed by atoms with Crippen LogP contribution in [0, 0.1) is 0 Å². The maximum Gasteiger partial charge on any atom is 0.201 e. The molecule has 0 amide bonds. The molecule has 3 N–H and O–H groups in total. The Morgan fingerprint density at radius 1 is 1.55 bits per heavy atom. The summed E-state index contributed by atoms with van der Waals surface area (Å²) < 4.78 is 1.74. The van der Waals surface area contributed by atoms with Gasteiger partial charge in [-0.3, -0.25) is 4.40 Å². The third-order valence-electron chi connectivity index (χ3n) is 1.50. The smallest absolute Gasteiger partial charge is 0.201 e. The van der Waals surface area contributed by atoms with Gasteiger partial charge in [-0.05, 0) is 0 Å². The molecule has 0 fully saturated rings. The summed E-state index contributed by atoms with van der Waals surface area (Å²) >= 11 is 0. The minimum absolute atomic E-state index is 0.469. The van der Waals surface area contributed by atoms with Gasteiger partial charge in [-0.2, -0.15) is 4.79 Å². The van der Waals surface area contributed by atoms with Crippen LogP contribution in [0.25, 0.3) is 5.65 Å². The zero-order valence-electron chi connectivity index (χ0n) is 6.02. The van der Waals surface area contributed by atoms with E-state index in [0.717, 1.165) is 5.65 Å². The topological polar surface area (TPSA) is 73.2 Å². The van der Waals surface area contributed by atoms with Gasteiger partial charge in [-0.25, -0.2) is 4.98 Å². The van der Waals surface area contributed by atoms with Crippen LogP contribution in [0.4, 0.5) is 5.82 Å². The van der Waals surface area contributed by atoms with Crippen molar-refractivity contribution in [1.82, 2.24) is 19.3 Å². The average molecular weight is 152 g/mol. The predicted octanol–water partition coefficient (Wildman–Crippen LogP) is -0.714. The lowest BCUT2D eigenvalue weighted by Gasteiger charge is -1.96. The zero-order chi connectivity index (χ0) is 7.84. The van der Waals surface area contributed by atoms with Gasteiger partial charge in [-0.15, -0.1) is 5.10 Å². The molecule has 6 nitrogen and oxygen atoms in total. The molecule has 0 unspecified atom stereocenters. The molecule has 0 aliphatic rings. The molecule has 0 saturated heterocycles. The fourth-order valence-electron chi connectivity index (χ4n) is 0.997. The Balaban J connectivity index is 2.80. The molecule has 0 aliphatic carbocycles. The summed E-state index contributed by atoms with van der Waals surface area (Å²) in [7, 11) is 1.76. The van der Waals surface area contributed by atoms with Gasteiger partial charge in [0.2, 0.25) is 5.65 Å². The largest absolute Gasteiger partial charge is 0.380 e. The van der Waals surface area contributed by atoms with E-state index < -0.39 is 0 Å². The van der Waals surface area contributed by atoms with Crippen molar-refractivity contribution in [2.75, 3.05) is 18.2 Å². The zero-order valence-corrected chi connectivity index (χ0v) is 6.02. The minimum atomic E-state index is 0.469. The molecule has 2 aromatic rings. The molecule has 0 saturated carbocycles. The van der Waals surface area contributed by atoms with Crippen LogP contribution in [0.15, 0.2) is 12.7 Å². The second kappa shape index (κ2) is 1.88. The quantitative estimate of drug-likeness (QED) is 0.566. The highest BCUT2D eigenvalue weighted by Gasteiger charge is 2.05. The fraction of sp³-hybridized carbons (Fsp3) is 0.200. The standard InChI is InChI=1S/C5H8N6/c1-7-11-5-4(6)8-2-10(5)3-9-11/h2-3,7H,6H2,1H3. The van der Waals surface area contributed by atoms with E-state index in [1.165, 1.54) is 0 Å². The van der Waals surface area contributed by atoms with E-state index in [2.05, 4.69) is 15.5 Å². The van der Waals surface area contributed by atoms with Crippen LogP contribution in [0.1, 0.15) is 0 Å².